The van der Waals surface area contributed by atoms with Crippen LogP contribution in [-0.2, 0) is 10.1 Å². The number of aliphatic hydroxyl groups is 1. The molecule has 1 atom stereocenters. The van der Waals surface area contributed by atoms with Crippen molar-refractivity contribution in [2.75, 3.05) is 5.75 Å². The van der Waals surface area contributed by atoms with E-state index in [0.717, 1.165) is 0 Å². The normalized spacial score (nSPS) is 13.0. The van der Waals surface area contributed by atoms with Gasteiger partial charge in [0.05, 0.1) is 6.10 Å². The predicted octanol–water partition coefficient (Wildman–Crippen LogP) is -0.0407. The summed E-state index contributed by atoms with van der Waals surface area (Å²) in [6.45, 7) is 0. The molecule has 1 unspecified atom stereocenters. The molecule has 0 aromatic heterocycles. The van der Waals surface area contributed by atoms with Gasteiger partial charge in [-0.1, -0.05) is 30.3 Å². The van der Waals surface area contributed by atoms with Crippen LogP contribution < -0.4 is 0 Å². The van der Waals surface area contributed by atoms with Crippen molar-refractivity contribution in [3.63, 3.8) is 0 Å². The molecule has 1 aromatic rings. The van der Waals surface area contributed by atoms with Gasteiger partial charge in [0.25, 0.3) is 10.1 Å². The molecule has 1 aromatic carbocycles. The van der Waals surface area contributed by atoms with Crippen LogP contribution in [0.4, 0.5) is 0 Å². The van der Waals surface area contributed by atoms with Crippen molar-refractivity contribution >= 4 is 39.7 Å². The van der Waals surface area contributed by atoms with E-state index in [1.807, 2.05) is 0 Å². The van der Waals surface area contributed by atoms with Crippen molar-refractivity contribution < 1.29 is 18.1 Å². The SMILES string of the molecule is O=S(=O)(O)CC(O)c1ccccc1.[NaH]. The van der Waals surface area contributed by atoms with Crippen molar-refractivity contribution in [1.82, 2.24) is 0 Å². The van der Waals surface area contributed by atoms with Crippen LogP contribution in [0.25, 0.3) is 0 Å². The minimum atomic E-state index is -4.12. The van der Waals surface area contributed by atoms with Gasteiger partial charge in [-0.25, -0.2) is 0 Å². The van der Waals surface area contributed by atoms with Crippen LogP contribution in [-0.4, -0.2) is 53.4 Å². The Kier molecular flexibility index (Phi) is 5.88. The van der Waals surface area contributed by atoms with Gasteiger partial charge in [-0.2, -0.15) is 8.42 Å². The van der Waals surface area contributed by atoms with Crippen molar-refractivity contribution in [3.8, 4) is 0 Å². The van der Waals surface area contributed by atoms with Gasteiger partial charge in [0.15, 0.2) is 0 Å². The summed E-state index contributed by atoms with van der Waals surface area (Å²) in [4.78, 5) is 0. The van der Waals surface area contributed by atoms with Gasteiger partial charge in [0, 0.05) is 0 Å². The minimum absolute atomic E-state index is 0. The molecule has 0 bridgehead atoms. The fraction of sp³-hybridized carbons (Fsp3) is 0.250. The molecule has 4 nitrogen and oxygen atoms in total. The summed E-state index contributed by atoms with van der Waals surface area (Å²) in [7, 11) is -4.12. The van der Waals surface area contributed by atoms with Crippen LogP contribution in [0.1, 0.15) is 11.7 Å². The molecule has 14 heavy (non-hydrogen) atoms. The molecular weight excluding hydrogens is 215 g/mol. The molecule has 0 saturated carbocycles. The third-order valence-corrected chi connectivity index (χ3v) is 2.29. The first-order valence-electron chi connectivity index (χ1n) is 3.67. The second kappa shape index (κ2) is 5.85. The molecule has 0 aliphatic carbocycles. The number of hydrogen-bond donors (Lipinski definition) is 2. The molecule has 0 aliphatic heterocycles. The van der Waals surface area contributed by atoms with Crippen molar-refractivity contribution in [2.24, 2.45) is 0 Å². The summed E-state index contributed by atoms with van der Waals surface area (Å²) < 4.78 is 29.3. The van der Waals surface area contributed by atoms with Gasteiger partial charge in [-0.15, -0.1) is 0 Å². The van der Waals surface area contributed by atoms with Crippen LogP contribution in [0.2, 0.25) is 0 Å². The summed E-state index contributed by atoms with van der Waals surface area (Å²) in [5.41, 5.74) is 0.472. The molecular formula is C8H11NaO4S. The molecule has 2 N–H and O–H groups in total. The van der Waals surface area contributed by atoms with E-state index in [1.54, 1.807) is 30.3 Å². The molecule has 0 fully saturated rings. The molecule has 1 rings (SSSR count). The Morgan fingerprint density at radius 3 is 2.14 bits per heavy atom. The third-order valence-electron chi connectivity index (χ3n) is 1.55. The van der Waals surface area contributed by atoms with Gasteiger partial charge < -0.3 is 5.11 Å². The Morgan fingerprint density at radius 2 is 1.71 bits per heavy atom. The number of rotatable bonds is 3. The van der Waals surface area contributed by atoms with E-state index < -0.39 is 22.0 Å². The fourth-order valence-electron chi connectivity index (χ4n) is 0.971. The topological polar surface area (TPSA) is 74.6 Å². The zero-order chi connectivity index (χ0) is 9.90. The van der Waals surface area contributed by atoms with Crippen LogP contribution in [0.15, 0.2) is 30.3 Å². The number of aliphatic hydroxyl groups excluding tert-OH is 1. The zero-order valence-electron chi connectivity index (χ0n) is 6.79. The van der Waals surface area contributed by atoms with Crippen LogP contribution >= 0.6 is 0 Å². The van der Waals surface area contributed by atoms with E-state index in [1.165, 1.54) is 0 Å². The molecule has 0 radical (unpaired) electrons. The summed E-state index contributed by atoms with van der Waals surface area (Å²) in [5.74, 6) is -0.670. The molecule has 0 heterocycles. The Bertz CT molecular complexity index is 362. The maximum atomic E-state index is 10.4. The van der Waals surface area contributed by atoms with Crippen molar-refractivity contribution in [1.29, 1.82) is 0 Å². The van der Waals surface area contributed by atoms with Gasteiger partial charge in [0.2, 0.25) is 0 Å². The Balaban J connectivity index is 0.00000169. The van der Waals surface area contributed by atoms with Gasteiger partial charge >= 0.3 is 29.6 Å². The fourth-order valence-corrected chi connectivity index (χ4v) is 1.56. The molecule has 6 heteroatoms. The van der Waals surface area contributed by atoms with E-state index in [2.05, 4.69) is 0 Å². The quantitative estimate of drug-likeness (QED) is 0.560. The second-order valence-electron chi connectivity index (χ2n) is 2.68. The van der Waals surface area contributed by atoms with Gasteiger partial charge in [0.1, 0.15) is 5.75 Å². The first-order valence-corrected chi connectivity index (χ1v) is 5.28. The third kappa shape index (κ3) is 5.09. The maximum absolute atomic E-state index is 10.4. The summed E-state index contributed by atoms with van der Waals surface area (Å²) in [5, 5.41) is 9.32. The van der Waals surface area contributed by atoms with E-state index >= 15 is 0 Å². The van der Waals surface area contributed by atoms with Gasteiger partial charge in [-0.05, 0) is 5.56 Å². The van der Waals surface area contributed by atoms with Crippen molar-refractivity contribution in [3.05, 3.63) is 35.9 Å². The van der Waals surface area contributed by atoms with E-state index in [-0.39, 0.29) is 29.6 Å². The van der Waals surface area contributed by atoms with E-state index in [4.69, 9.17) is 4.55 Å². The van der Waals surface area contributed by atoms with E-state index in [9.17, 15) is 13.5 Å². The Morgan fingerprint density at radius 1 is 1.21 bits per heavy atom. The predicted molar refractivity (Wildman–Crippen MR) is 55.0 cm³/mol. The standard InChI is InChI=1S/C8H10O4S.Na.H/c9-8(6-13(10,11)12)7-4-2-1-3-5-7;;/h1-5,8-9H,6H2,(H,10,11,12);;. The second-order valence-corrected chi connectivity index (χ2v) is 4.17. The first kappa shape index (κ1) is 14.1. The summed E-state index contributed by atoms with van der Waals surface area (Å²) in [6, 6.07) is 8.31. The summed E-state index contributed by atoms with van der Waals surface area (Å²) in [6.07, 6.45) is -1.17. The number of benzene rings is 1. The molecule has 0 spiro atoms. The number of hydrogen-bond acceptors (Lipinski definition) is 3. The Labute approximate surface area is 105 Å². The monoisotopic (exact) mass is 226 g/mol. The molecule has 0 aliphatic rings. The van der Waals surface area contributed by atoms with Crippen molar-refractivity contribution in [2.45, 2.75) is 6.10 Å². The summed E-state index contributed by atoms with van der Waals surface area (Å²) >= 11 is 0. The van der Waals surface area contributed by atoms with E-state index in [0.29, 0.717) is 5.56 Å². The van der Waals surface area contributed by atoms with Crippen LogP contribution in [0.5, 0.6) is 0 Å². The zero-order valence-corrected chi connectivity index (χ0v) is 7.61. The Hall–Kier alpha value is 0.0900. The molecule has 0 saturated heterocycles. The van der Waals surface area contributed by atoms with Gasteiger partial charge in [-0.3, -0.25) is 4.55 Å². The van der Waals surface area contributed by atoms with Crippen LogP contribution in [0, 0.1) is 0 Å². The average Bonchev–Trinajstić information content (AvgIpc) is 2.03. The molecule has 74 valence electrons. The average molecular weight is 226 g/mol. The van der Waals surface area contributed by atoms with Crippen LogP contribution in [0.3, 0.4) is 0 Å². The first-order chi connectivity index (χ1) is 5.99. The molecule has 0 amide bonds.